The van der Waals surface area contributed by atoms with Crippen LogP contribution in [0, 0.1) is 13.8 Å². The molecule has 0 bridgehead atoms. The van der Waals surface area contributed by atoms with Gasteiger partial charge in [0, 0.05) is 23.7 Å². The summed E-state index contributed by atoms with van der Waals surface area (Å²) >= 11 is 0. The number of carbonyl (C=O) groups excluding carboxylic acids is 1. The van der Waals surface area contributed by atoms with Crippen molar-refractivity contribution in [2.24, 2.45) is 0 Å². The van der Waals surface area contributed by atoms with Gasteiger partial charge < -0.3 is 15.7 Å². The van der Waals surface area contributed by atoms with Crippen molar-refractivity contribution in [1.29, 1.82) is 0 Å². The van der Waals surface area contributed by atoms with Crippen molar-refractivity contribution in [1.82, 2.24) is 5.32 Å². The molecule has 0 aromatic heterocycles. The summed E-state index contributed by atoms with van der Waals surface area (Å²) in [6, 6.07) is 4.08. The average molecular weight is 264 g/mol. The minimum Gasteiger partial charge on any atom is -0.507 e. The van der Waals surface area contributed by atoms with E-state index < -0.39 is 0 Å². The van der Waals surface area contributed by atoms with E-state index in [2.05, 4.69) is 24.5 Å². The first-order valence-corrected chi connectivity index (χ1v) is 6.74. The van der Waals surface area contributed by atoms with E-state index in [0.717, 1.165) is 18.5 Å². The summed E-state index contributed by atoms with van der Waals surface area (Å²) in [7, 11) is 0. The number of hydrogen-bond donors (Lipinski definition) is 3. The molecule has 4 heteroatoms. The summed E-state index contributed by atoms with van der Waals surface area (Å²) in [4.78, 5) is 11.8. The summed E-state index contributed by atoms with van der Waals surface area (Å²) in [5.41, 5.74) is 2.22. The number of nitrogens with one attached hydrogen (secondary N) is 2. The molecule has 0 aliphatic heterocycles. The lowest BCUT2D eigenvalue weighted by atomic mass is 10.1. The van der Waals surface area contributed by atoms with Crippen molar-refractivity contribution in [3.05, 3.63) is 23.3 Å². The number of phenolic OH excluding ortho intramolecular Hbond substituents is 1. The Hall–Kier alpha value is -1.55. The Morgan fingerprint density at radius 2 is 2.00 bits per heavy atom. The summed E-state index contributed by atoms with van der Waals surface area (Å²) in [5, 5.41) is 15.9. The second-order valence-electron chi connectivity index (χ2n) is 5.16. The number of rotatable bonds is 6. The molecule has 0 heterocycles. The lowest BCUT2D eigenvalue weighted by molar-refractivity contribution is -0.116. The molecule has 3 N–H and O–H groups in total. The van der Waals surface area contributed by atoms with Crippen molar-refractivity contribution in [3.8, 4) is 5.75 Å². The lowest BCUT2D eigenvalue weighted by Gasteiger charge is -2.12. The molecule has 1 amide bonds. The van der Waals surface area contributed by atoms with Gasteiger partial charge >= 0.3 is 0 Å². The van der Waals surface area contributed by atoms with E-state index in [-0.39, 0.29) is 11.7 Å². The van der Waals surface area contributed by atoms with Crippen LogP contribution < -0.4 is 10.6 Å². The fourth-order valence-electron chi connectivity index (χ4n) is 1.82. The molecule has 0 atom stereocenters. The zero-order chi connectivity index (χ0) is 14.4. The van der Waals surface area contributed by atoms with E-state index >= 15 is 0 Å². The van der Waals surface area contributed by atoms with Gasteiger partial charge in [-0.15, -0.1) is 0 Å². The molecule has 0 aliphatic carbocycles. The molecular weight excluding hydrogens is 240 g/mol. The van der Waals surface area contributed by atoms with Gasteiger partial charge in [0.15, 0.2) is 0 Å². The van der Waals surface area contributed by atoms with Crippen LogP contribution in [0.25, 0.3) is 0 Å². The van der Waals surface area contributed by atoms with Crippen molar-refractivity contribution in [3.63, 3.8) is 0 Å². The fraction of sp³-hybridized carbons (Fsp3) is 0.533. The third-order valence-corrected chi connectivity index (χ3v) is 3.04. The number of amides is 1. The molecule has 0 saturated carbocycles. The molecule has 1 aromatic rings. The molecule has 0 aliphatic rings. The van der Waals surface area contributed by atoms with Crippen molar-refractivity contribution in [2.75, 3.05) is 11.9 Å². The minimum atomic E-state index is -0.0168. The molecule has 0 saturated heterocycles. The Labute approximate surface area is 115 Å². The minimum absolute atomic E-state index is 0.0168. The Morgan fingerprint density at radius 3 is 2.63 bits per heavy atom. The van der Waals surface area contributed by atoms with E-state index in [0.29, 0.717) is 23.7 Å². The van der Waals surface area contributed by atoms with Crippen LogP contribution in [0.5, 0.6) is 5.75 Å². The van der Waals surface area contributed by atoms with Crippen LogP contribution in [0.4, 0.5) is 5.69 Å². The summed E-state index contributed by atoms with van der Waals surface area (Å²) in [6.45, 7) is 8.64. The topological polar surface area (TPSA) is 61.4 Å². The summed E-state index contributed by atoms with van der Waals surface area (Å²) < 4.78 is 0. The van der Waals surface area contributed by atoms with Gasteiger partial charge in [-0.2, -0.15) is 0 Å². The van der Waals surface area contributed by atoms with Crippen LogP contribution in [0.15, 0.2) is 12.1 Å². The smallest absolute Gasteiger partial charge is 0.224 e. The number of hydrogen-bond acceptors (Lipinski definition) is 3. The van der Waals surface area contributed by atoms with Gasteiger partial charge in [0.05, 0.1) is 0 Å². The molecule has 0 radical (unpaired) electrons. The fourth-order valence-corrected chi connectivity index (χ4v) is 1.82. The number of phenols is 1. The third-order valence-electron chi connectivity index (χ3n) is 3.04. The first kappa shape index (κ1) is 15.5. The lowest BCUT2D eigenvalue weighted by Crippen LogP contribution is -2.24. The zero-order valence-electron chi connectivity index (χ0n) is 12.2. The Bertz CT molecular complexity index is 442. The highest BCUT2D eigenvalue weighted by molar-refractivity contribution is 5.91. The number of aromatic hydroxyl groups is 1. The largest absolute Gasteiger partial charge is 0.507 e. The van der Waals surface area contributed by atoms with Crippen molar-refractivity contribution < 1.29 is 9.90 Å². The van der Waals surface area contributed by atoms with E-state index in [9.17, 15) is 9.90 Å². The van der Waals surface area contributed by atoms with Gasteiger partial charge in [0.25, 0.3) is 0 Å². The molecule has 0 unspecified atom stereocenters. The molecular formula is C15H24N2O2. The Balaban J connectivity index is 2.47. The highest BCUT2D eigenvalue weighted by Gasteiger charge is 2.09. The molecule has 4 nitrogen and oxygen atoms in total. The number of carbonyl (C=O) groups is 1. The maximum absolute atomic E-state index is 11.8. The number of benzene rings is 1. The quantitative estimate of drug-likeness (QED) is 0.692. The maximum Gasteiger partial charge on any atom is 0.224 e. The van der Waals surface area contributed by atoms with E-state index in [1.165, 1.54) is 0 Å². The van der Waals surface area contributed by atoms with E-state index in [4.69, 9.17) is 0 Å². The Morgan fingerprint density at radius 1 is 1.32 bits per heavy atom. The molecule has 106 valence electrons. The zero-order valence-corrected chi connectivity index (χ0v) is 12.2. The van der Waals surface area contributed by atoms with Crippen LogP contribution in [0.3, 0.4) is 0 Å². The normalized spacial score (nSPS) is 10.8. The second kappa shape index (κ2) is 7.14. The molecule has 0 spiro atoms. The monoisotopic (exact) mass is 264 g/mol. The van der Waals surface area contributed by atoms with Gasteiger partial charge in [-0.3, -0.25) is 4.79 Å². The predicted molar refractivity (Wildman–Crippen MR) is 78.6 cm³/mol. The molecule has 0 fully saturated rings. The van der Waals surface area contributed by atoms with Gasteiger partial charge in [0.2, 0.25) is 5.91 Å². The first-order chi connectivity index (χ1) is 8.91. The molecule has 1 aromatic carbocycles. The van der Waals surface area contributed by atoms with E-state index in [1.807, 2.05) is 13.0 Å². The highest BCUT2D eigenvalue weighted by atomic mass is 16.3. The molecule has 19 heavy (non-hydrogen) atoms. The average Bonchev–Trinajstić information content (AvgIpc) is 2.35. The summed E-state index contributed by atoms with van der Waals surface area (Å²) in [6.07, 6.45) is 1.29. The van der Waals surface area contributed by atoms with Crippen LogP contribution in [-0.4, -0.2) is 23.6 Å². The van der Waals surface area contributed by atoms with Crippen LogP contribution in [0.1, 0.15) is 37.8 Å². The third kappa shape index (κ3) is 4.91. The highest BCUT2D eigenvalue weighted by Crippen LogP contribution is 2.28. The summed E-state index contributed by atoms with van der Waals surface area (Å²) in [5.74, 6) is 0.233. The van der Waals surface area contributed by atoms with Crippen LogP contribution in [0.2, 0.25) is 0 Å². The number of anilines is 1. The second-order valence-corrected chi connectivity index (χ2v) is 5.16. The van der Waals surface area contributed by atoms with Crippen molar-refractivity contribution in [2.45, 2.75) is 46.6 Å². The molecule has 1 rings (SSSR count). The Kier molecular flexibility index (Phi) is 5.83. The SMILES string of the molecule is Cc1ccc(NC(=O)CCCNC(C)C)c(C)c1O. The van der Waals surface area contributed by atoms with Gasteiger partial charge in [0.1, 0.15) is 5.75 Å². The van der Waals surface area contributed by atoms with Crippen molar-refractivity contribution >= 4 is 11.6 Å². The van der Waals surface area contributed by atoms with Gasteiger partial charge in [-0.1, -0.05) is 19.9 Å². The predicted octanol–water partition coefficient (Wildman–Crippen LogP) is 2.73. The maximum atomic E-state index is 11.8. The number of aryl methyl sites for hydroxylation is 1. The van der Waals surface area contributed by atoms with Gasteiger partial charge in [-0.05, 0) is 38.4 Å². The van der Waals surface area contributed by atoms with Gasteiger partial charge in [-0.25, -0.2) is 0 Å². The van der Waals surface area contributed by atoms with Crippen LogP contribution in [-0.2, 0) is 4.79 Å². The standard InChI is InChI=1S/C15H24N2O2/c1-10(2)16-9-5-6-14(18)17-13-8-7-11(3)15(19)12(13)4/h7-8,10,16,19H,5-6,9H2,1-4H3,(H,17,18). The first-order valence-electron chi connectivity index (χ1n) is 6.74. The van der Waals surface area contributed by atoms with E-state index in [1.54, 1.807) is 13.0 Å². The van der Waals surface area contributed by atoms with Crippen LogP contribution >= 0.6 is 0 Å².